The summed E-state index contributed by atoms with van der Waals surface area (Å²) >= 11 is 0. The van der Waals surface area contributed by atoms with Crippen LogP contribution < -0.4 is 0 Å². The Morgan fingerprint density at radius 3 is 2.42 bits per heavy atom. The molecule has 1 rings (SSSR count). The lowest BCUT2D eigenvalue weighted by Crippen LogP contribution is -2.30. The molecule has 0 spiro atoms. The standard InChI is InChI=1S/C16H24O3/c1-4-14(16(18)19-5-2)15(17)11-12(3)13-9-7-6-8-10-13/h6-10,12,14-15,17H,4-5,11H2,1-3H3. The SMILES string of the molecule is CCOC(=O)C(CC)C(O)CC(C)c1ccccc1. The van der Waals surface area contributed by atoms with Crippen LogP contribution in [0.2, 0.25) is 0 Å². The lowest BCUT2D eigenvalue weighted by atomic mass is 9.88. The van der Waals surface area contributed by atoms with Gasteiger partial charge in [-0.25, -0.2) is 0 Å². The van der Waals surface area contributed by atoms with Gasteiger partial charge in [-0.2, -0.15) is 0 Å². The summed E-state index contributed by atoms with van der Waals surface area (Å²) in [6.45, 7) is 6.11. The highest BCUT2D eigenvalue weighted by Crippen LogP contribution is 2.25. The van der Waals surface area contributed by atoms with Gasteiger partial charge in [0.2, 0.25) is 0 Å². The van der Waals surface area contributed by atoms with Crippen molar-refractivity contribution >= 4 is 5.97 Å². The largest absolute Gasteiger partial charge is 0.466 e. The van der Waals surface area contributed by atoms with Crippen LogP contribution in [-0.2, 0) is 9.53 Å². The quantitative estimate of drug-likeness (QED) is 0.770. The monoisotopic (exact) mass is 264 g/mol. The van der Waals surface area contributed by atoms with Crippen molar-refractivity contribution in [2.75, 3.05) is 6.61 Å². The maximum atomic E-state index is 11.8. The first-order chi connectivity index (χ1) is 9.10. The molecule has 0 heterocycles. The molecule has 3 unspecified atom stereocenters. The maximum absolute atomic E-state index is 11.8. The van der Waals surface area contributed by atoms with E-state index in [0.29, 0.717) is 19.4 Å². The predicted octanol–water partition coefficient (Wildman–Crippen LogP) is 3.13. The van der Waals surface area contributed by atoms with E-state index < -0.39 is 12.0 Å². The fourth-order valence-electron chi connectivity index (χ4n) is 2.29. The number of hydrogen-bond acceptors (Lipinski definition) is 3. The molecule has 0 bridgehead atoms. The third-order valence-electron chi connectivity index (χ3n) is 3.46. The minimum Gasteiger partial charge on any atom is -0.466 e. The summed E-state index contributed by atoms with van der Waals surface area (Å²) < 4.78 is 5.00. The second-order valence-corrected chi connectivity index (χ2v) is 4.88. The van der Waals surface area contributed by atoms with Crippen LogP contribution in [0.5, 0.6) is 0 Å². The van der Waals surface area contributed by atoms with E-state index in [-0.39, 0.29) is 11.9 Å². The highest BCUT2D eigenvalue weighted by atomic mass is 16.5. The van der Waals surface area contributed by atoms with Crippen molar-refractivity contribution in [2.45, 2.75) is 45.6 Å². The van der Waals surface area contributed by atoms with Crippen molar-refractivity contribution in [2.24, 2.45) is 5.92 Å². The highest BCUT2D eigenvalue weighted by Gasteiger charge is 2.27. The Morgan fingerprint density at radius 1 is 1.26 bits per heavy atom. The smallest absolute Gasteiger partial charge is 0.311 e. The molecule has 0 amide bonds. The Balaban J connectivity index is 2.62. The van der Waals surface area contributed by atoms with E-state index in [0.717, 1.165) is 0 Å². The summed E-state index contributed by atoms with van der Waals surface area (Å²) in [7, 11) is 0. The molecule has 1 aromatic rings. The lowest BCUT2D eigenvalue weighted by molar-refractivity contribution is -0.152. The molecule has 0 radical (unpaired) electrons. The van der Waals surface area contributed by atoms with Gasteiger partial charge >= 0.3 is 5.97 Å². The van der Waals surface area contributed by atoms with E-state index in [2.05, 4.69) is 6.92 Å². The van der Waals surface area contributed by atoms with Crippen LogP contribution in [0.3, 0.4) is 0 Å². The Morgan fingerprint density at radius 2 is 1.89 bits per heavy atom. The average molecular weight is 264 g/mol. The van der Waals surface area contributed by atoms with Gasteiger partial charge in [0.25, 0.3) is 0 Å². The Labute approximate surface area is 115 Å². The summed E-state index contributed by atoms with van der Waals surface area (Å²) in [5, 5.41) is 10.2. The van der Waals surface area contributed by atoms with Gasteiger partial charge in [-0.05, 0) is 31.2 Å². The molecule has 0 aliphatic heterocycles. The summed E-state index contributed by atoms with van der Waals surface area (Å²) in [6, 6.07) is 10.0. The van der Waals surface area contributed by atoms with Gasteiger partial charge in [-0.3, -0.25) is 4.79 Å². The molecule has 0 aliphatic carbocycles. The third kappa shape index (κ3) is 4.67. The van der Waals surface area contributed by atoms with Gasteiger partial charge < -0.3 is 9.84 Å². The number of carbonyl (C=O) groups is 1. The first-order valence-electron chi connectivity index (χ1n) is 6.99. The Kier molecular flexibility index (Phi) is 6.57. The number of carbonyl (C=O) groups excluding carboxylic acids is 1. The zero-order chi connectivity index (χ0) is 14.3. The van der Waals surface area contributed by atoms with Gasteiger partial charge in [0.15, 0.2) is 0 Å². The number of rotatable bonds is 7. The summed E-state index contributed by atoms with van der Waals surface area (Å²) in [5.74, 6) is -0.497. The molecular weight excluding hydrogens is 240 g/mol. The van der Waals surface area contributed by atoms with Crippen LogP contribution in [0, 0.1) is 5.92 Å². The third-order valence-corrected chi connectivity index (χ3v) is 3.46. The van der Waals surface area contributed by atoms with Crippen LogP contribution in [0.4, 0.5) is 0 Å². The van der Waals surface area contributed by atoms with E-state index in [1.165, 1.54) is 5.56 Å². The zero-order valence-corrected chi connectivity index (χ0v) is 12.0. The number of benzene rings is 1. The second kappa shape index (κ2) is 7.95. The van der Waals surface area contributed by atoms with Crippen LogP contribution in [0.25, 0.3) is 0 Å². The first kappa shape index (κ1) is 15.7. The number of aliphatic hydroxyl groups is 1. The zero-order valence-electron chi connectivity index (χ0n) is 12.0. The maximum Gasteiger partial charge on any atom is 0.311 e. The van der Waals surface area contributed by atoms with E-state index in [1.807, 2.05) is 37.3 Å². The van der Waals surface area contributed by atoms with Crippen LogP contribution in [0.15, 0.2) is 30.3 Å². The molecule has 1 aromatic carbocycles. The van der Waals surface area contributed by atoms with Crippen LogP contribution in [0.1, 0.15) is 45.1 Å². The molecule has 19 heavy (non-hydrogen) atoms. The van der Waals surface area contributed by atoms with Gasteiger partial charge in [-0.1, -0.05) is 44.2 Å². The van der Waals surface area contributed by atoms with E-state index >= 15 is 0 Å². The minimum absolute atomic E-state index is 0.222. The molecule has 106 valence electrons. The highest BCUT2D eigenvalue weighted by molar-refractivity contribution is 5.73. The van der Waals surface area contributed by atoms with Gasteiger partial charge in [-0.15, -0.1) is 0 Å². The molecule has 3 atom stereocenters. The molecular formula is C16H24O3. The van der Waals surface area contributed by atoms with Crippen molar-refractivity contribution in [1.82, 2.24) is 0 Å². The normalized spacial score (nSPS) is 15.6. The average Bonchev–Trinajstić information content (AvgIpc) is 2.40. The van der Waals surface area contributed by atoms with Gasteiger partial charge in [0.1, 0.15) is 0 Å². The number of esters is 1. The van der Waals surface area contributed by atoms with Crippen LogP contribution >= 0.6 is 0 Å². The van der Waals surface area contributed by atoms with Gasteiger partial charge in [0.05, 0.1) is 18.6 Å². The molecule has 0 fully saturated rings. The molecule has 0 saturated carbocycles. The molecule has 1 N–H and O–H groups in total. The van der Waals surface area contributed by atoms with E-state index in [9.17, 15) is 9.90 Å². The number of ether oxygens (including phenoxy) is 1. The fourth-order valence-corrected chi connectivity index (χ4v) is 2.29. The van der Waals surface area contributed by atoms with Gasteiger partial charge in [0, 0.05) is 0 Å². The van der Waals surface area contributed by atoms with Crippen molar-refractivity contribution in [1.29, 1.82) is 0 Å². The first-order valence-corrected chi connectivity index (χ1v) is 6.99. The Bertz CT molecular complexity index is 375. The molecule has 3 heteroatoms. The number of aliphatic hydroxyl groups excluding tert-OH is 1. The summed E-state index contributed by atoms with van der Waals surface area (Å²) in [6.07, 6.45) is 0.516. The fraction of sp³-hybridized carbons (Fsp3) is 0.562. The second-order valence-electron chi connectivity index (χ2n) is 4.88. The molecule has 0 saturated heterocycles. The Hall–Kier alpha value is -1.35. The minimum atomic E-state index is -0.653. The van der Waals surface area contributed by atoms with Crippen LogP contribution in [-0.4, -0.2) is 23.8 Å². The molecule has 3 nitrogen and oxygen atoms in total. The molecule has 0 aromatic heterocycles. The summed E-state index contributed by atoms with van der Waals surface area (Å²) in [5.41, 5.74) is 1.18. The lowest BCUT2D eigenvalue weighted by Gasteiger charge is -2.23. The van der Waals surface area contributed by atoms with Crippen molar-refractivity contribution in [3.63, 3.8) is 0 Å². The van der Waals surface area contributed by atoms with Crippen molar-refractivity contribution < 1.29 is 14.6 Å². The predicted molar refractivity (Wildman–Crippen MR) is 75.9 cm³/mol. The van der Waals surface area contributed by atoms with E-state index in [1.54, 1.807) is 6.92 Å². The number of hydrogen-bond donors (Lipinski definition) is 1. The van der Waals surface area contributed by atoms with Crippen molar-refractivity contribution in [3.05, 3.63) is 35.9 Å². The van der Waals surface area contributed by atoms with E-state index in [4.69, 9.17) is 4.74 Å². The topological polar surface area (TPSA) is 46.5 Å². The summed E-state index contributed by atoms with van der Waals surface area (Å²) in [4.78, 5) is 11.8. The van der Waals surface area contributed by atoms with Crippen molar-refractivity contribution in [3.8, 4) is 0 Å². The molecule has 0 aliphatic rings.